The molecule has 0 saturated heterocycles. The van der Waals surface area contributed by atoms with Crippen LogP contribution in [0.1, 0.15) is 11.1 Å². The summed E-state index contributed by atoms with van der Waals surface area (Å²) in [6, 6.07) is 9.42. The van der Waals surface area contributed by atoms with Crippen LogP contribution in [0.15, 0.2) is 42.5 Å². The molecule has 0 unspecified atom stereocenters. The molecule has 0 aliphatic heterocycles. The van der Waals surface area contributed by atoms with Crippen LogP contribution in [0.25, 0.3) is 0 Å². The van der Waals surface area contributed by atoms with Gasteiger partial charge in [0.15, 0.2) is 5.75 Å². The van der Waals surface area contributed by atoms with Crippen molar-refractivity contribution in [2.45, 2.75) is 0 Å². The number of nitro groups is 2. The van der Waals surface area contributed by atoms with Crippen LogP contribution in [0.4, 0.5) is 11.4 Å². The van der Waals surface area contributed by atoms with Crippen molar-refractivity contribution in [3.63, 3.8) is 0 Å². The molecule has 7 nitrogen and oxygen atoms in total. The molecule has 0 aromatic heterocycles. The molecule has 2 rings (SSSR count). The van der Waals surface area contributed by atoms with Crippen molar-refractivity contribution in [2.24, 2.45) is 0 Å². The molecule has 0 saturated carbocycles. The minimum absolute atomic E-state index is 0.0338. The molecule has 0 atom stereocenters. The summed E-state index contributed by atoms with van der Waals surface area (Å²) in [5.41, 5.74) is 0.527. The Morgan fingerprint density at radius 1 is 0.857 bits per heavy atom. The van der Waals surface area contributed by atoms with Gasteiger partial charge >= 0.3 is 5.69 Å². The molecule has 0 heterocycles. The average Bonchev–Trinajstić information content (AvgIpc) is 2.45. The summed E-state index contributed by atoms with van der Waals surface area (Å²) >= 11 is 0. The van der Waals surface area contributed by atoms with Crippen molar-refractivity contribution >= 4 is 11.4 Å². The molecule has 2 aromatic rings. The third-order valence-electron chi connectivity index (χ3n) is 2.60. The molecule has 104 valence electrons. The number of phenolic OH excluding ortho intramolecular Hbond substituents is 1. The van der Waals surface area contributed by atoms with E-state index in [0.29, 0.717) is 11.1 Å². The smallest absolute Gasteiger partial charge is 0.310 e. The summed E-state index contributed by atoms with van der Waals surface area (Å²) in [5, 5.41) is 30.5. The fourth-order valence-corrected chi connectivity index (χ4v) is 1.57. The highest BCUT2D eigenvalue weighted by molar-refractivity contribution is 5.53. The van der Waals surface area contributed by atoms with E-state index in [4.69, 9.17) is 0 Å². The van der Waals surface area contributed by atoms with Gasteiger partial charge in [-0.2, -0.15) is 0 Å². The monoisotopic (exact) mass is 284 g/mol. The van der Waals surface area contributed by atoms with E-state index < -0.39 is 21.3 Å². The Labute approximate surface area is 118 Å². The zero-order valence-corrected chi connectivity index (χ0v) is 10.5. The van der Waals surface area contributed by atoms with E-state index >= 15 is 0 Å². The number of aromatic hydroxyl groups is 1. The van der Waals surface area contributed by atoms with Gasteiger partial charge in [-0.3, -0.25) is 20.2 Å². The van der Waals surface area contributed by atoms with Gasteiger partial charge in [-0.25, -0.2) is 0 Å². The number of hydrogen-bond acceptors (Lipinski definition) is 5. The van der Waals surface area contributed by atoms with Crippen molar-refractivity contribution in [3.8, 4) is 17.6 Å². The Morgan fingerprint density at radius 3 is 1.95 bits per heavy atom. The van der Waals surface area contributed by atoms with Gasteiger partial charge < -0.3 is 5.11 Å². The lowest BCUT2D eigenvalue weighted by Crippen LogP contribution is -1.89. The maximum Gasteiger partial charge on any atom is 0.310 e. The standard InChI is InChI=1S/C14H8N2O5/c17-14-9-11(5-8-13(14)16(20)21)2-1-10-3-6-12(7-4-10)15(18)19/h3-9,17H. The number of non-ortho nitro benzene ring substituents is 1. The first-order valence-corrected chi connectivity index (χ1v) is 5.71. The van der Waals surface area contributed by atoms with Crippen molar-refractivity contribution in [2.75, 3.05) is 0 Å². The van der Waals surface area contributed by atoms with Gasteiger partial charge in [0, 0.05) is 35.4 Å². The number of benzene rings is 2. The van der Waals surface area contributed by atoms with Crippen LogP contribution in [-0.4, -0.2) is 15.0 Å². The molecular formula is C14H8N2O5. The van der Waals surface area contributed by atoms with E-state index in [1.54, 1.807) is 0 Å². The number of nitro benzene ring substituents is 2. The van der Waals surface area contributed by atoms with Crippen molar-refractivity contribution in [1.82, 2.24) is 0 Å². The minimum Gasteiger partial charge on any atom is -0.502 e. The largest absolute Gasteiger partial charge is 0.502 e. The molecule has 0 aliphatic carbocycles. The van der Waals surface area contributed by atoms with Gasteiger partial charge in [0.25, 0.3) is 5.69 Å². The molecular weight excluding hydrogens is 276 g/mol. The van der Waals surface area contributed by atoms with Gasteiger partial charge in [0.1, 0.15) is 0 Å². The van der Waals surface area contributed by atoms with Crippen LogP contribution < -0.4 is 0 Å². The van der Waals surface area contributed by atoms with E-state index in [1.165, 1.54) is 36.4 Å². The average molecular weight is 284 g/mol. The zero-order chi connectivity index (χ0) is 15.4. The Balaban J connectivity index is 2.24. The fraction of sp³-hybridized carbons (Fsp3) is 0. The second kappa shape index (κ2) is 5.71. The molecule has 0 amide bonds. The predicted octanol–water partition coefficient (Wildman–Crippen LogP) is 2.61. The molecule has 0 fully saturated rings. The summed E-state index contributed by atoms with van der Waals surface area (Å²) in [4.78, 5) is 19.9. The second-order valence-corrected chi connectivity index (χ2v) is 4.01. The molecule has 0 radical (unpaired) electrons. The number of rotatable bonds is 2. The maximum absolute atomic E-state index is 10.6. The predicted molar refractivity (Wildman–Crippen MR) is 73.8 cm³/mol. The fourth-order valence-electron chi connectivity index (χ4n) is 1.57. The zero-order valence-electron chi connectivity index (χ0n) is 10.5. The van der Waals surface area contributed by atoms with Crippen molar-refractivity contribution in [1.29, 1.82) is 0 Å². The van der Waals surface area contributed by atoms with Gasteiger partial charge in [-0.1, -0.05) is 11.8 Å². The topological polar surface area (TPSA) is 107 Å². The molecule has 2 aromatic carbocycles. The third kappa shape index (κ3) is 3.33. The van der Waals surface area contributed by atoms with E-state index in [1.807, 2.05) is 0 Å². The van der Waals surface area contributed by atoms with Gasteiger partial charge in [-0.15, -0.1) is 0 Å². The number of nitrogens with zero attached hydrogens (tertiary/aromatic N) is 2. The van der Waals surface area contributed by atoms with Crippen LogP contribution in [0.5, 0.6) is 5.75 Å². The Bertz CT molecular complexity index is 772. The second-order valence-electron chi connectivity index (χ2n) is 4.01. The number of phenols is 1. The lowest BCUT2D eigenvalue weighted by Gasteiger charge is -1.96. The first-order chi connectivity index (χ1) is 9.97. The Hall–Kier alpha value is -3.40. The summed E-state index contributed by atoms with van der Waals surface area (Å²) in [6.45, 7) is 0. The van der Waals surface area contributed by atoms with Crippen LogP contribution in [0, 0.1) is 32.1 Å². The first-order valence-electron chi connectivity index (χ1n) is 5.71. The highest BCUT2D eigenvalue weighted by Crippen LogP contribution is 2.25. The van der Waals surface area contributed by atoms with Crippen molar-refractivity contribution < 1.29 is 15.0 Å². The Kier molecular flexibility index (Phi) is 3.81. The number of hydrogen-bond donors (Lipinski definition) is 1. The minimum atomic E-state index is -0.692. The normalized spacial score (nSPS) is 9.52. The van der Waals surface area contributed by atoms with Gasteiger partial charge in [-0.05, 0) is 18.2 Å². The van der Waals surface area contributed by atoms with E-state index in [2.05, 4.69) is 11.8 Å². The molecule has 1 N–H and O–H groups in total. The quantitative estimate of drug-likeness (QED) is 0.518. The lowest BCUT2D eigenvalue weighted by molar-refractivity contribution is -0.385. The van der Waals surface area contributed by atoms with Crippen LogP contribution in [0.2, 0.25) is 0 Å². The molecule has 21 heavy (non-hydrogen) atoms. The molecule has 0 aliphatic rings. The highest BCUT2D eigenvalue weighted by Gasteiger charge is 2.12. The summed E-state index contributed by atoms with van der Waals surface area (Å²) < 4.78 is 0. The summed E-state index contributed by atoms with van der Waals surface area (Å²) in [6.07, 6.45) is 0. The third-order valence-corrected chi connectivity index (χ3v) is 2.60. The van der Waals surface area contributed by atoms with E-state index in [9.17, 15) is 25.3 Å². The SMILES string of the molecule is O=[N+]([O-])c1ccc(C#Cc2ccc([N+](=O)[O-])c(O)c2)cc1. The molecule has 0 spiro atoms. The lowest BCUT2D eigenvalue weighted by atomic mass is 10.1. The maximum atomic E-state index is 10.6. The van der Waals surface area contributed by atoms with Gasteiger partial charge in [0.05, 0.1) is 9.85 Å². The molecule has 0 bridgehead atoms. The van der Waals surface area contributed by atoms with Crippen LogP contribution >= 0.6 is 0 Å². The summed E-state index contributed by atoms with van der Waals surface area (Å²) in [5.74, 6) is 5.00. The summed E-state index contributed by atoms with van der Waals surface area (Å²) in [7, 11) is 0. The first kappa shape index (κ1) is 14.0. The Morgan fingerprint density at radius 2 is 1.43 bits per heavy atom. The van der Waals surface area contributed by atoms with E-state index in [0.717, 1.165) is 6.07 Å². The van der Waals surface area contributed by atoms with Crippen molar-refractivity contribution in [3.05, 3.63) is 73.8 Å². The van der Waals surface area contributed by atoms with Crippen LogP contribution in [-0.2, 0) is 0 Å². The molecule has 7 heteroatoms. The van der Waals surface area contributed by atoms with E-state index in [-0.39, 0.29) is 5.69 Å². The van der Waals surface area contributed by atoms with Crippen LogP contribution in [0.3, 0.4) is 0 Å². The van der Waals surface area contributed by atoms with Gasteiger partial charge in [0.2, 0.25) is 0 Å². The highest BCUT2D eigenvalue weighted by atomic mass is 16.6.